The van der Waals surface area contributed by atoms with Crippen LogP contribution in [-0.2, 0) is 11.3 Å². The highest BCUT2D eigenvalue weighted by Crippen LogP contribution is 2.26. The summed E-state index contributed by atoms with van der Waals surface area (Å²) in [5.74, 6) is 1.45. The van der Waals surface area contributed by atoms with Crippen molar-refractivity contribution in [3.63, 3.8) is 0 Å². The van der Waals surface area contributed by atoms with Crippen LogP contribution in [0.15, 0.2) is 24.3 Å². The lowest BCUT2D eigenvalue weighted by molar-refractivity contribution is -0.132. The molecule has 1 aromatic carbocycles. The summed E-state index contributed by atoms with van der Waals surface area (Å²) < 4.78 is 5.18. The minimum absolute atomic E-state index is 0.00247. The van der Waals surface area contributed by atoms with E-state index in [4.69, 9.17) is 4.74 Å². The van der Waals surface area contributed by atoms with Crippen molar-refractivity contribution in [1.82, 2.24) is 10.2 Å². The number of rotatable bonds is 6. The number of nitrogens with zero attached hydrogens (tertiary/aromatic N) is 1. The van der Waals surface area contributed by atoms with E-state index >= 15 is 0 Å². The van der Waals surface area contributed by atoms with Gasteiger partial charge in [-0.3, -0.25) is 9.69 Å². The summed E-state index contributed by atoms with van der Waals surface area (Å²) in [6.07, 6.45) is 4.95. The lowest BCUT2D eigenvalue weighted by Gasteiger charge is -2.41. The second kappa shape index (κ2) is 7.99. The normalized spacial score (nSPS) is 27.3. The molecule has 0 spiro atoms. The van der Waals surface area contributed by atoms with E-state index < -0.39 is 0 Å². The van der Waals surface area contributed by atoms with E-state index in [1.54, 1.807) is 7.11 Å². The number of carbonyl (C=O) groups is 1. The molecule has 0 radical (unpaired) electrons. The summed E-state index contributed by atoms with van der Waals surface area (Å²) in [6, 6.07) is 8.32. The molecule has 2 N–H and O–H groups in total. The fourth-order valence-corrected chi connectivity index (χ4v) is 3.68. The molecule has 1 atom stereocenters. The SMILES string of the molecule is COc1ccc(CN2CC[C@H]2C(=O)NC2CCC(CO)CC2)cc1. The van der Waals surface area contributed by atoms with Gasteiger partial charge in [0.25, 0.3) is 0 Å². The van der Waals surface area contributed by atoms with Crippen molar-refractivity contribution >= 4 is 5.91 Å². The van der Waals surface area contributed by atoms with E-state index in [1.807, 2.05) is 12.1 Å². The number of likely N-dealkylation sites (tertiary alicyclic amines) is 1. The van der Waals surface area contributed by atoms with Crippen LogP contribution in [-0.4, -0.2) is 48.3 Å². The molecule has 3 rings (SSSR count). The third-order valence-electron chi connectivity index (χ3n) is 5.43. The summed E-state index contributed by atoms with van der Waals surface area (Å²) in [7, 11) is 1.67. The standard InChI is InChI=1S/C19H28N2O3/c1-24-17-8-4-14(5-9-17)12-21-11-10-18(21)19(23)20-16-6-2-15(13-22)3-7-16/h4-5,8-9,15-16,18,22H,2-3,6-7,10-13H2,1H3,(H,20,23)/t15?,16?,18-/m0/s1. The molecule has 1 aliphatic carbocycles. The van der Waals surface area contributed by atoms with Crippen molar-refractivity contribution in [2.24, 2.45) is 5.92 Å². The maximum absolute atomic E-state index is 12.5. The number of methoxy groups -OCH3 is 1. The molecule has 0 bridgehead atoms. The molecular formula is C19H28N2O3. The second-order valence-electron chi connectivity index (χ2n) is 7.03. The molecule has 1 saturated carbocycles. The van der Waals surface area contributed by atoms with Gasteiger partial charge in [0.05, 0.1) is 13.2 Å². The lowest BCUT2D eigenvalue weighted by atomic mass is 9.86. The summed E-state index contributed by atoms with van der Waals surface area (Å²) in [5.41, 5.74) is 1.21. The average Bonchev–Trinajstić information content (AvgIpc) is 2.60. The van der Waals surface area contributed by atoms with E-state index in [0.29, 0.717) is 5.92 Å². The first-order valence-electron chi connectivity index (χ1n) is 8.98. The van der Waals surface area contributed by atoms with Gasteiger partial charge in [-0.1, -0.05) is 12.1 Å². The predicted octanol–water partition coefficient (Wildman–Crippen LogP) is 1.94. The van der Waals surface area contributed by atoms with Gasteiger partial charge >= 0.3 is 0 Å². The molecule has 2 aliphatic rings. The Morgan fingerprint density at radius 1 is 1.21 bits per heavy atom. The van der Waals surface area contributed by atoms with Crippen molar-refractivity contribution in [1.29, 1.82) is 0 Å². The highest BCUT2D eigenvalue weighted by atomic mass is 16.5. The van der Waals surface area contributed by atoms with E-state index in [0.717, 1.165) is 50.9 Å². The number of ether oxygens (including phenoxy) is 1. The molecule has 1 amide bonds. The van der Waals surface area contributed by atoms with E-state index in [9.17, 15) is 9.90 Å². The average molecular weight is 332 g/mol. The largest absolute Gasteiger partial charge is 0.497 e. The third kappa shape index (κ3) is 4.08. The summed E-state index contributed by atoms with van der Waals surface area (Å²) >= 11 is 0. The predicted molar refractivity (Wildman–Crippen MR) is 92.8 cm³/mol. The Hall–Kier alpha value is -1.59. The van der Waals surface area contributed by atoms with Crippen LogP contribution in [0, 0.1) is 5.92 Å². The first-order valence-corrected chi connectivity index (χ1v) is 8.98. The Morgan fingerprint density at radius 2 is 1.92 bits per heavy atom. The van der Waals surface area contributed by atoms with Gasteiger partial charge in [0.15, 0.2) is 0 Å². The molecule has 1 saturated heterocycles. The number of aliphatic hydroxyl groups is 1. The fourth-order valence-electron chi connectivity index (χ4n) is 3.68. The third-order valence-corrected chi connectivity index (χ3v) is 5.43. The van der Waals surface area contributed by atoms with Crippen LogP contribution in [0.25, 0.3) is 0 Å². The van der Waals surface area contributed by atoms with Crippen molar-refractivity contribution in [2.75, 3.05) is 20.3 Å². The van der Waals surface area contributed by atoms with Crippen molar-refractivity contribution in [3.05, 3.63) is 29.8 Å². The van der Waals surface area contributed by atoms with E-state index in [2.05, 4.69) is 22.3 Å². The molecule has 5 nitrogen and oxygen atoms in total. The molecule has 2 fully saturated rings. The van der Waals surface area contributed by atoms with Gasteiger partial charge in [-0.15, -0.1) is 0 Å². The number of carbonyl (C=O) groups excluding carboxylic acids is 1. The molecule has 1 aliphatic heterocycles. The summed E-state index contributed by atoms with van der Waals surface area (Å²) in [4.78, 5) is 14.8. The maximum atomic E-state index is 12.5. The number of amides is 1. The molecule has 0 unspecified atom stereocenters. The smallest absolute Gasteiger partial charge is 0.237 e. The van der Waals surface area contributed by atoms with Gasteiger partial charge in [0.2, 0.25) is 5.91 Å². The van der Waals surface area contributed by atoms with Crippen molar-refractivity contribution in [2.45, 2.75) is 50.7 Å². The number of nitrogens with one attached hydrogen (secondary N) is 1. The number of hydrogen-bond donors (Lipinski definition) is 2. The highest BCUT2D eigenvalue weighted by Gasteiger charge is 2.35. The van der Waals surface area contributed by atoms with Crippen LogP contribution in [0.5, 0.6) is 5.75 Å². The van der Waals surface area contributed by atoms with E-state index in [1.165, 1.54) is 5.56 Å². The Kier molecular flexibility index (Phi) is 5.74. The van der Waals surface area contributed by atoms with Crippen LogP contribution >= 0.6 is 0 Å². The fraction of sp³-hybridized carbons (Fsp3) is 0.632. The van der Waals surface area contributed by atoms with Gasteiger partial charge in [-0.25, -0.2) is 0 Å². The summed E-state index contributed by atoms with van der Waals surface area (Å²) in [5, 5.41) is 12.4. The zero-order valence-electron chi connectivity index (χ0n) is 14.4. The molecule has 132 valence electrons. The topological polar surface area (TPSA) is 61.8 Å². The van der Waals surface area contributed by atoms with Gasteiger partial charge in [-0.2, -0.15) is 0 Å². The molecular weight excluding hydrogens is 304 g/mol. The molecule has 24 heavy (non-hydrogen) atoms. The zero-order chi connectivity index (χ0) is 16.9. The quantitative estimate of drug-likeness (QED) is 0.836. The number of aliphatic hydroxyl groups excluding tert-OH is 1. The van der Waals surface area contributed by atoms with Crippen LogP contribution in [0.3, 0.4) is 0 Å². The monoisotopic (exact) mass is 332 g/mol. The first kappa shape index (κ1) is 17.2. The summed E-state index contributed by atoms with van der Waals surface area (Å²) in [6.45, 7) is 2.06. The Labute approximate surface area is 144 Å². The molecule has 0 aromatic heterocycles. The molecule has 5 heteroatoms. The number of hydrogen-bond acceptors (Lipinski definition) is 4. The van der Waals surface area contributed by atoms with Crippen LogP contribution < -0.4 is 10.1 Å². The lowest BCUT2D eigenvalue weighted by Crippen LogP contribution is -2.57. The van der Waals surface area contributed by atoms with Gasteiger partial charge in [-0.05, 0) is 55.7 Å². The van der Waals surface area contributed by atoms with Gasteiger partial charge in [0, 0.05) is 25.7 Å². The minimum Gasteiger partial charge on any atom is -0.497 e. The first-order chi connectivity index (χ1) is 11.7. The molecule has 1 aromatic rings. The van der Waals surface area contributed by atoms with Crippen LogP contribution in [0.2, 0.25) is 0 Å². The second-order valence-corrected chi connectivity index (χ2v) is 7.03. The van der Waals surface area contributed by atoms with Crippen LogP contribution in [0.1, 0.15) is 37.7 Å². The van der Waals surface area contributed by atoms with Gasteiger partial charge < -0.3 is 15.2 Å². The maximum Gasteiger partial charge on any atom is 0.237 e. The van der Waals surface area contributed by atoms with Crippen LogP contribution in [0.4, 0.5) is 0 Å². The van der Waals surface area contributed by atoms with E-state index in [-0.39, 0.29) is 24.6 Å². The Balaban J connectivity index is 1.47. The van der Waals surface area contributed by atoms with Crippen molar-refractivity contribution in [3.8, 4) is 5.75 Å². The molecule has 1 heterocycles. The van der Waals surface area contributed by atoms with Crippen molar-refractivity contribution < 1.29 is 14.6 Å². The minimum atomic E-state index is 0.00247. The number of benzene rings is 1. The highest BCUT2D eigenvalue weighted by molar-refractivity contribution is 5.82. The zero-order valence-corrected chi connectivity index (χ0v) is 14.4. The Morgan fingerprint density at radius 3 is 2.46 bits per heavy atom. The Bertz CT molecular complexity index is 538. The van der Waals surface area contributed by atoms with Gasteiger partial charge in [0.1, 0.15) is 5.75 Å².